The largest absolute Gasteiger partial charge is 0.478 e. The summed E-state index contributed by atoms with van der Waals surface area (Å²) < 4.78 is 0. The van der Waals surface area contributed by atoms with Gasteiger partial charge in [-0.25, -0.2) is 4.79 Å². The Kier molecular flexibility index (Phi) is 4.30. The quantitative estimate of drug-likeness (QED) is 0.404. The minimum atomic E-state index is -1.23. The third-order valence-corrected chi connectivity index (χ3v) is 2.97. The maximum atomic E-state index is 11.5. The highest BCUT2D eigenvalue weighted by Crippen LogP contribution is 2.25. The molecule has 6 heteroatoms. The highest BCUT2D eigenvalue weighted by Gasteiger charge is 2.16. The van der Waals surface area contributed by atoms with E-state index in [2.05, 4.69) is 0 Å². The number of hydrogen-bond acceptors (Lipinski definition) is 4. The average molecular weight is 294 g/mol. The first-order valence-electron chi connectivity index (χ1n) is 6.22. The number of carboxylic acid groups (broad SMARTS) is 1. The Balaban J connectivity index is 2.60. The predicted molar refractivity (Wildman–Crippen MR) is 79.8 cm³/mol. The molecule has 1 N–H and O–H groups in total. The summed E-state index contributed by atoms with van der Waals surface area (Å²) >= 11 is 0. The van der Waals surface area contributed by atoms with Crippen LogP contribution in [-0.2, 0) is 4.79 Å². The van der Waals surface area contributed by atoms with E-state index in [-0.39, 0.29) is 16.8 Å². The zero-order chi connectivity index (χ0) is 16.1. The second-order valence-corrected chi connectivity index (χ2v) is 4.37. The fourth-order valence-electron chi connectivity index (χ4n) is 1.96. The first kappa shape index (κ1) is 14.9. The first-order chi connectivity index (χ1) is 10.5. The number of hydrogen-bond donors (Lipinski definition) is 1. The van der Waals surface area contributed by atoms with Crippen molar-refractivity contribution in [3.8, 4) is 6.07 Å². The van der Waals surface area contributed by atoms with Crippen LogP contribution in [0.5, 0.6) is 0 Å². The van der Waals surface area contributed by atoms with Gasteiger partial charge in [0.25, 0.3) is 5.69 Å². The van der Waals surface area contributed by atoms with E-state index < -0.39 is 10.9 Å². The molecule has 0 aromatic heterocycles. The summed E-state index contributed by atoms with van der Waals surface area (Å²) in [5.41, 5.74) is 0.508. The van der Waals surface area contributed by atoms with E-state index >= 15 is 0 Å². The molecule has 0 fully saturated rings. The fourth-order valence-corrected chi connectivity index (χ4v) is 1.96. The minimum absolute atomic E-state index is 0.119. The molecule has 0 aliphatic rings. The van der Waals surface area contributed by atoms with Crippen LogP contribution < -0.4 is 0 Å². The topological polar surface area (TPSA) is 104 Å². The Morgan fingerprint density at radius 1 is 1.23 bits per heavy atom. The molecule has 0 amide bonds. The molecule has 108 valence electrons. The molecule has 2 aromatic rings. The molecule has 0 aliphatic heterocycles. The number of nitrogens with zero attached hydrogens (tertiary/aromatic N) is 2. The van der Waals surface area contributed by atoms with Gasteiger partial charge in [-0.15, -0.1) is 0 Å². The van der Waals surface area contributed by atoms with Gasteiger partial charge >= 0.3 is 5.97 Å². The van der Waals surface area contributed by atoms with Crippen molar-refractivity contribution in [2.24, 2.45) is 0 Å². The van der Waals surface area contributed by atoms with E-state index in [0.717, 1.165) is 0 Å². The van der Waals surface area contributed by atoms with Gasteiger partial charge in [0.05, 0.1) is 27.7 Å². The Morgan fingerprint density at radius 3 is 2.59 bits per heavy atom. The molecule has 2 rings (SSSR count). The van der Waals surface area contributed by atoms with Crippen molar-refractivity contribution >= 4 is 23.3 Å². The predicted octanol–water partition coefficient (Wildman–Crippen LogP) is 3.09. The van der Waals surface area contributed by atoms with E-state index in [1.807, 2.05) is 6.07 Å². The highest BCUT2D eigenvalue weighted by molar-refractivity contribution is 6.21. The van der Waals surface area contributed by atoms with Crippen LogP contribution in [-0.4, -0.2) is 16.0 Å². The number of nitro benzene ring substituents is 1. The second kappa shape index (κ2) is 6.33. The van der Waals surface area contributed by atoms with Gasteiger partial charge in [-0.2, -0.15) is 5.26 Å². The molecule has 6 nitrogen and oxygen atoms in total. The van der Waals surface area contributed by atoms with E-state index in [9.17, 15) is 20.0 Å². The average Bonchev–Trinajstić information content (AvgIpc) is 2.52. The zero-order valence-electron chi connectivity index (χ0n) is 11.3. The lowest BCUT2D eigenvalue weighted by Crippen LogP contribution is -2.01. The summed E-state index contributed by atoms with van der Waals surface area (Å²) in [5, 5.41) is 29.2. The van der Waals surface area contributed by atoms with Crippen LogP contribution in [0.25, 0.3) is 11.6 Å². The summed E-state index contributed by atoms with van der Waals surface area (Å²) in [4.78, 5) is 21.9. The van der Waals surface area contributed by atoms with E-state index in [1.54, 1.807) is 18.2 Å². The van der Waals surface area contributed by atoms with Crippen molar-refractivity contribution < 1.29 is 14.8 Å². The lowest BCUT2D eigenvalue weighted by molar-refractivity contribution is -0.385. The number of carbonyl (C=O) groups is 1. The Bertz CT molecular complexity index is 819. The van der Waals surface area contributed by atoms with Gasteiger partial charge < -0.3 is 5.11 Å². The van der Waals surface area contributed by atoms with Crippen molar-refractivity contribution in [2.45, 2.75) is 0 Å². The Morgan fingerprint density at radius 2 is 1.95 bits per heavy atom. The van der Waals surface area contributed by atoms with Crippen LogP contribution in [0.2, 0.25) is 0 Å². The van der Waals surface area contributed by atoms with Crippen LogP contribution in [0.15, 0.2) is 48.5 Å². The normalized spacial score (nSPS) is 10.8. The highest BCUT2D eigenvalue weighted by atomic mass is 16.6. The van der Waals surface area contributed by atoms with E-state index in [4.69, 9.17) is 5.26 Å². The third-order valence-electron chi connectivity index (χ3n) is 2.97. The number of carboxylic acids is 1. The number of nitriles is 1. The number of para-hydroxylation sites is 1. The molecule has 0 atom stereocenters. The maximum Gasteiger partial charge on any atom is 0.336 e. The molecule has 22 heavy (non-hydrogen) atoms. The van der Waals surface area contributed by atoms with Crippen LogP contribution >= 0.6 is 0 Å². The molecule has 0 heterocycles. The smallest absolute Gasteiger partial charge is 0.336 e. The van der Waals surface area contributed by atoms with Crippen LogP contribution in [0.3, 0.4) is 0 Å². The van der Waals surface area contributed by atoms with E-state index in [1.165, 1.54) is 36.4 Å². The number of aliphatic carboxylic acids is 1. The summed E-state index contributed by atoms with van der Waals surface area (Å²) in [7, 11) is 0. The maximum absolute atomic E-state index is 11.5. The molecule has 2 aromatic carbocycles. The standard InChI is InChI=1S/C16H10N2O4/c17-10-11-4-3-6-12(8-11)14(16(19)20)9-13-5-1-2-7-15(13)18(21)22/h1-9H,(H,19,20). The zero-order valence-corrected chi connectivity index (χ0v) is 11.3. The van der Waals surface area contributed by atoms with Gasteiger partial charge in [0.1, 0.15) is 0 Å². The fraction of sp³-hybridized carbons (Fsp3) is 0. The van der Waals surface area contributed by atoms with Crippen molar-refractivity contribution in [1.29, 1.82) is 5.26 Å². The molecule has 0 saturated carbocycles. The van der Waals surface area contributed by atoms with Gasteiger partial charge in [-0.05, 0) is 29.8 Å². The van der Waals surface area contributed by atoms with Crippen LogP contribution in [0, 0.1) is 21.4 Å². The summed E-state index contributed by atoms with van der Waals surface area (Å²) in [5.74, 6) is -1.23. The number of rotatable bonds is 4. The van der Waals surface area contributed by atoms with Gasteiger partial charge in [-0.1, -0.05) is 24.3 Å². The lowest BCUT2D eigenvalue weighted by atomic mass is 10.0. The van der Waals surface area contributed by atoms with Crippen molar-refractivity contribution in [2.75, 3.05) is 0 Å². The van der Waals surface area contributed by atoms with Gasteiger partial charge in [0.2, 0.25) is 0 Å². The van der Waals surface area contributed by atoms with Crippen LogP contribution in [0.1, 0.15) is 16.7 Å². The van der Waals surface area contributed by atoms with Gasteiger partial charge in [0.15, 0.2) is 0 Å². The van der Waals surface area contributed by atoms with Crippen molar-refractivity contribution in [3.05, 3.63) is 75.3 Å². The van der Waals surface area contributed by atoms with E-state index in [0.29, 0.717) is 11.1 Å². The monoisotopic (exact) mass is 294 g/mol. The molecule has 0 unspecified atom stereocenters. The molecule has 0 radical (unpaired) electrons. The number of benzene rings is 2. The summed E-state index contributed by atoms with van der Waals surface area (Å²) in [6, 6.07) is 13.9. The molecular weight excluding hydrogens is 284 g/mol. The molecular formula is C16H10N2O4. The number of nitro groups is 1. The van der Waals surface area contributed by atoms with Gasteiger partial charge in [-0.3, -0.25) is 10.1 Å². The van der Waals surface area contributed by atoms with Crippen molar-refractivity contribution in [1.82, 2.24) is 0 Å². The summed E-state index contributed by atoms with van der Waals surface area (Å²) in [6.45, 7) is 0. The molecule has 0 aliphatic carbocycles. The van der Waals surface area contributed by atoms with Gasteiger partial charge in [0, 0.05) is 6.07 Å². The Hall–Kier alpha value is -3.46. The minimum Gasteiger partial charge on any atom is -0.478 e. The summed E-state index contributed by atoms with van der Waals surface area (Å²) in [6.07, 6.45) is 1.23. The Labute approximate surface area is 125 Å². The van der Waals surface area contributed by atoms with Crippen LogP contribution in [0.4, 0.5) is 5.69 Å². The lowest BCUT2D eigenvalue weighted by Gasteiger charge is -2.04. The molecule has 0 spiro atoms. The van der Waals surface area contributed by atoms with Crippen molar-refractivity contribution in [3.63, 3.8) is 0 Å². The first-order valence-corrected chi connectivity index (χ1v) is 6.22. The molecule has 0 bridgehead atoms. The SMILES string of the molecule is N#Cc1cccc(C(=Cc2ccccc2[N+](=O)[O-])C(=O)O)c1. The third kappa shape index (κ3) is 3.16. The second-order valence-electron chi connectivity index (χ2n) is 4.37. The molecule has 0 saturated heterocycles.